The summed E-state index contributed by atoms with van der Waals surface area (Å²) in [6.45, 7) is 4.55. The fraction of sp³-hybridized carbons (Fsp3) is 0.357. The Balaban J connectivity index is 0.000000160. The molecule has 0 aromatic heterocycles. The van der Waals surface area contributed by atoms with Crippen LogP contribution in [-0.2, 0) is 33.5 Å². The molecule has 3 aliphatic heterocycles. The van der Waals surface area contributed by atoms with Gasteiger partial charge in [-0.05, 0) is 59.5 Å². The average molecular weight is 465 g/mol. The van der Waals surface area contributed by atoms with Crippen LogP contribution >= 0.6 is 0 Å². The average Bonchev–Trinajstić information content (AvgIpc) is 3.67. The van der Waals surface area contributed by atoms with E-state index in [-0.39, 0.29) is 0 Å². The Labute approximate surface area is 200 Å². The number of hydrogen-bond donors (Lipinski definition) is 3. The lowest BCUT2D eigenvalue weighted by atomic mass is 9.88. The molecule has 3 saturated heterocycles. The van der Waals surface area contributed by atoms with Crippen LogP contribution in [0, 0.1) is 6.92 Å². The fourth-order valence-electron chi connectivity index (χ4n) is 3.76. The highest BCUT2D eigenvalue weighted by molar-refractivity contribution is 5.50. The van der Waals surface area contributed by atoms with Crippen LogP contribution in [0.15, 0.2) is 66.7 Å². The van der Waals surface area contributed by atoms with E-state index in [1.54, 1.807) is 48.5 Å². The number of phenolic OH excluding ortho intramolecular Hbond substituents is 3. The molecular weight excluding hydrogens is 432 g/mol. The van der Waals surface area contributed by atoms with Gasteiger partial charge in [0.15, 0.2) is 0 Å². The SMILES string of the molecule is Cc1c(O)cc(CC2CO2)c(CC2CO2)c1CC1CO1.Oc1ccccc1.Oc1ccccc1. The van der Waals surface area contributed by atoms with Crippen LogP contribution in [0.5, 0.6) is 17.2 Å². The first-order valence-corrected chi connectivity index (χ1v) is 11.7. The maximum Gasteiger partial charge on any atom is 0.119 e. The molecule has 6 nitrogen and oxygen atoms in total. The Morgan fingerprint density at radius 3 is 1.44 bits per heavy atom. The lowest BCUT2D eigenvalue weighted by Gasteiger charge is -2.17. The first-order valence-electron chi connectivity index (χ1n) is 11.7. The van der Waals surface area contributed by atoms with E-state index < -0.39 is 0 Å². The topological polar surface area (TPSA) is 98.3 Å². The van der Waals surface area contributed by atoms with E-state index in [0.29, 0.717) is 35.6 Å². The molecule has 180 valence electrons. The van der Waals surface area contributed by atoms with Crippen LogP contribution in [0.4, 0.5) is 0 Å². The Kier molecular flexibility index (Phi) is 8.06. The summed E-state index contributed by atoms with van der Waals surface area (Å²) in [5, 5.41) is 27.5. The summed E-state index contributed by atoms with van der Waals surface area (Å²) in [6.07, 6.45) is 3.78. The van der Waals surface area contributed by atoms with E-state index in [1.165, 1.54) is 16.7 Å². The standard InChI is InChI=1S/C16H20O4.2C6H6O/c1-9-14(4-12-7-19-12)15(5-13-8-20-13)10(3-16(9)17)2-11-6-18-11;2*7-6-4-2-1-3-5-6/h3,11-13,17H,2,4-8H2,1H3;2*1-5,7H. The van der Waals surface area contributed by atoms with Crippen LogP contribution in [-0.4, -0.2) is 53.5 Å². The highest BCUT2D eigenvalue weighted by Gasteiger charge is 2.32. The molecule has 0 radical (unpaired) electrons. The number of aromatic hydroxyl groups is 3. The van der Waals surface area contributed by atoms with Crippen molar-refractivity contribution in [2.45, 2.75) is 44.5 Å². The van der Waals surface area contributed by atoms with Crippen molar-refractivity contribution in [3.63, 3.8) is 0 Å². The largest absolute Gasteiger partial charge is 0.508 e. The monoisotopic (exact) mass is 464 g/mol. The third-order valence-electron chi connectivity index (χ3n) is 5.93. The van der Waals surface area contributed by atoms with Gasteiger partial charge in [0.25, 0.3) is 0 Å². The van der Waals surface area contributed by atoms with Gasteiger partial charge in [0, 0.05) is 19.3 Å². The molecule has 0 bridgehead atoms. The number of benzene rings is 3. The van der Waals surface area contributed by atoms with Gasteiger partial charge in [0.05, 0.1) is 38.1 Å². The van der Waals surface area contributed by atoms with Gasteiger partial charge in [-0.3, -0.25) is 0 Å². The molecule has 0 amide bonds. The molecule has 3 unspecified atom stereocenters. The van der Waals surface area contributed by atoms with Crippen LogP contribution in [0.3, 0.4) is 0 Å². The van der Waals surface area contributed by atoms with Gasteiger partial charge in [-0.15, -0.1) is 0 Å². The van der Waals surface area contributed by atoms with Gasteiger partial charge in [0.1, 0.15) is 17.2 Å². The second kappa shape index (κ2) is 11.4. The highest BCUT2D eigenvalue weighted by atomic mass is 16.6. The maximum absolute atomic E-state index is 10.2. The van der Waals surface area contributed by atoms with Crippen molar-refractivity contribution in [3.8, 4) is 17.2 Å². The van der Waals surface area contributed by atoms with Crippen molar-refractivity contribution in [1.29, 1.82) is 0 Å². The van der Waals surface area contributed by atoms with E-state index >= 15 is 0 Å². The van der Waals surface area contributed by atoms with E-state index in [9.17, 15) is 5.11 Å². The first-order chi connectivity index (χ1) is 16.5. The molecule has 3 N–H and O–H groups in total. The van der Waals surface area contributed by atoms with Crippen molar-refractivity contribution in [1.82, 2.24) is 0 Å². The molecule has 3 heterocycles. The molecule has 6 heteroatoms. The van der Waals surface area contributed by atoms with Gasteiger partial charge in [-0.1, -0.05) is 36.4 Å². The van der Waals surface area contributed by atoms with E-state index in [4.69, 9.17) is 24.4 Å². The minimum absolute atomic E-state index is 0.322. The van der Waals surface area contributed by atoms with Crippen LogP contribution < -0.4 is 0 Å². The van der Waals surface area contributed by atoms with Gasteiger partial charge in [-0.25, -0.2) is 0 Å². The number of epoxide rings is 3. The molecule has 0 spiro atoms. The van der Waals surface area contributed by atoms with E-state index in [1.807, 2.05) is 25.1 Å². The molecule has 0 aliphatic carbocycles. The van der Waals surface area contributed by atoms with Crippen LogP contribution in [0.2, 0.25) is 0 Å². The summed E-state index contributed by atoms with van der Waals surface area (Å²) in [4.78, 5) is 0. The molecular formula is C28H32O6. The second-order valence-electron chi connectivity index (χ2n) is 8.79. The van der Waals surface area contributed by atoms with Gasteiger partial charge >= 0.3 is 0 Å². The summed E-state index contributed by atoms with van der Waals surface area (Å²) in [5.41, 5.74) is 4.84. The zero-order valence-corrected chi connectivity index (χ0v) is 19.4. The Hall–Kier alpha value is -3.06. The zero-order valence-electron chi connectivity index (χ0n) is 19.4. The number of para-hydroxylation sites is 2. The second-order valence-corrected chi connectivity index (χ2v) is 8.79. The normalized spacial score (nSPS) is 21.4. The first kappa shape index (κ1) is 24.1. The molecule has 3 aromatic carbocycles. The van der Waals surface area contributed by atoms with E-state index in [2.05, 4.69) is 0 Å². The number of ether oxygens (including phenoxy) is 3. The fourth-order valence-corrected chi connectivity index (χ4v) is 3.76. The van der Waals surface area contributed by atoms with Crippen molar-refractivity contribution >= 4 is 0 Å². The predicted octanol–water partition coefficient (Wildman–Crippen LogP) is 4.31. The Morgan fingerprint density at radius 1 is 0.647 bits per heavy atom. The van der Waals surface area contributed by atoms with E-state index in [0.717, 1.165) is 44.6 Å². The smallest absolute Gasteiger partial charge is 0.119 e. The maximum atomic E-state index is 10.2. The number of phenols is 3. The summed E-state index contributed by atoms with van der Waals surface area (Å²) in [5.74, 6) is 1.04. The van der Waals surface area contributed by atoms with Gasteiger partial charge < -0.3 is 29.5 Å². The lowest BCUT2D eigenvalue weighted by Crippen LogP contribution is -2.10. The molecule has 6 rings (SSSR count). The van der Waals surface area contributed by atoms with Gasteiger partial charge in [0.2, 0.25) is 0 Å². The Morgan fingerprint density at radius 2 is 1.06 bits per heavy atom. The quantitative estimate of drug-likeness (QED) is 0.470. The minimum Gasteiger partial charge on any atom is -0.508 e. The highest BCUT2D eigenvalue weighted by Crippen LogP contribution is 2.35. The third kappa shape index (κ3) is 7.76. The zero-order chi connectivity index (χ0) is 23.9. The molecule has 3 aliphatic rings. The molecule has 3 fully saturated rings. The van der Waals surface area contributed by atoms with Crippen LogP contribution in [0.1, 0.15) is 22.3 Å². The van der Waals surface area contributed by atoms with Crippen molar-refractivity contribution in [2.24, 2.45) is 0 Å². The molecule has 34 heavy (non-hydrogen) atoms. The van der Waals surface area contributed by atoms with Crippen LogP contribution in [0.25, 0.3) is 0 Å². The Bertz CT molecular complexity index is 1000. The minimum atomic E-state index is 0.322. The predicted molar refractivity (Wildman–Crippen MR) is 129 cm³/mol. The number of rotatable bonds is 6. The summed E-state index contributed by atoms with van der Waals surface area (Å²) in [6, 6.07) is 19.3. The summed E-state index contributed by atoms with van der Waals surface area (Å²) in [7, 11) is 0. The summed E-state index contributed by atoms with van der Waals surface area (Å²) < 4.78 is 16.1. The van der Waals surface area contributed by atoms with Crippen molar-refractivity contribution in [3.05, 3.63) is 89.0 Å². The third-order valence-corrected chi connectivity index (χ3v) is 5.93. The van der Waals surface area contributed by atoms with Crippen molar-refractivity contribution in [2.75, 3.05) is 19.8 Å². The lowest BCUT2D eigenvalue weighted by molar-refractivity contribution is 0.396. The number of hydrogen-bond acceptors (Lipinski definition) is 6. The molecule has 3 aromatic rings. The van der Waals surface area contributed by atoms with Gasteiger partial charge in [-0.2, -0.15) is 0 Å². The molecule has 3 atom stereocenters. The van der Waals surface area contributed by atoms with Crippen molar-refractivity contribution < 1.29 is 29.5 Å². The molecule has 0 saturated carbocycles. The summed E-state index contributed by atoms with van der Waals surface area (Å²) >= 11 is 0.